The van der Waals surface area contributed by atoms with E-state index in [4.69, 9.17) is 0 Å². The van der Waals surface area contributed by atoms with Gasteiger partial charge in [0, 0.05) is 16.2 Å². The average molecular weight is 452 g/mol. The number of hydrogen-bond donors (Lipinski definition) is 3. The van der Waals surface area contributed by atoms with E-state index < -0.39 is 0 Å². The minimum absolute atomic E-state index is 0.112. The van der Waals surface area contributed by atoms with Crippen LogP contribution in [0, 0.1) is 34.0 Å². The molecule has 6 nitrogen and oxygen atoms in total. The molecular formula is C27H37N3O3. The van der Waals surface area contributed by atoms with E-state index in [0.717, 1.165) is 108 Å². The van der Waals surface area contributed by atoms with Gasteiger partial charge in [-0.05, 0) is 114 Å². The Balaban J connectivity index is 1.09. The predicted molar refractivity (Wildman–Crippen MR) is 122 cm³/mol. The quantitative estimate of drug-likeness (QED) is 0.576. The van der Waals surface area contributed by atoms with Gasteiger partial charge < -0.3 is 16.0 Å². The van der Waals surface area contributed by atoms with Gasteiger partial charge in [0.05, 0.1) is 11.4 Å². The van der Waals surface area contributed by atoms with Crippen LogP contribution in [0.25, 0.3) is 0 Å². The zero-order valence-electron chi connectivity index (χ0n) is 19.6. The molecule has 33 heavy (non-hydrogen) atoms. The summed E-state index contributed by atoms with van der Waals surface area (Å²) < 4.78 is 0. The molecule has 6 fully saturated rings. The lowest BCUT2D eigenvalue weighted by Crippen LogP contribution is -2.44. The summed E-state index contributed by atoms with van der Waals surface area (Å²) in [5.74, 6) is 2.46. The summed E-state index contributed by atoms with van der Waals surface area (Å²) in [7, 11) is 0. The third-order valence-electron chi connectivity index (χ3n) is 11.2. The molecule has 0 spiro atoms. The normalized spacial score (nSPS) is 46.2. The Morgan fingerprint density at radius 1 is 0.545 bits per heavy atom. The summed E-state index contributed by atoms with van der Waals surface area (Å²) >= 11 is 0. The van der Waals surface area contributed by atoms with Crippen LogP contribution in [-0.4, -0.2) is 23.8 Å². The van der Waals surface area contributed by atoms with Crippen molar-refractivity contribution in [3.63, 3.8) is 0 Å². The first-order valence-electron chi connectivity index (χ1n) is 13.6. The molecule has 6 bridgehead atoms. The van der Waals surface area contributed by atoms with Crippen LogP contribution in [0.4, 0.5) is 0 Å². The minimum atomic E-state index is -0.329. The van der Waals surface area contributed by atoms with E-state index in [1.807, 2.05) is 0 Å². The third-order valence-corrected chi connectivity index (χ3v) is 11.2. The lowest BCUT2D eigenvalue weighted by Gasteiger charge is -2.26. The van der Waals surface area contributed by atoms with E-state index >= 15 is 0 Å². The predicted octanol–water partition coefficient (Wildman–Crippen LogP) is 3.67. The number of hydrogen-bond acceptors (Lipinski definition) is 3. The lowest BCUT2D eigenvalue weighted by atomic mass is 9.83. The SMILES string of the molecule is O=C(NC1=C(NC(=O)C23CCC(CC2)C3)C1NC(=O)C12CCC(CC1)C2)C12CCC(CC1)C2. The second-order valence-electron chi connectivity index (χ2n) is 12.9. The highest BCUT2D eigenvalue weighted by atomic mass is 16.2. The van der Waals surface area contributed by atoms with Crippen molar-refractivity contribution in [3.8, 4) is 0 Å². The summed E-state index contributed by atoms with van der Waals surface area (Å²) in [6.07, 6.45) is 15.8. The fourth-order valence-corrected chi connectivity index (χ4v) is 8.97. The highest BCUT2D eigenvalue weighted by molar-refractivity contribution is 5.91. The van der Waals surface area contributed by atoms with Gasteiger partial charge in [0.25, 0.3) is 0 Å². The van der Waals surface area contributed by atoms with Gasteiger partial charge in [-0.15, -0.1) is 0 Å². The van der Waals surface area contributed by atoms with Gasteiger partial charge in [-0.2, -0.15) is 0 Å². The maximum atomic E-state index is 13.3. The Morgan fingerprint density at radius 2 is 0.879 bits per heavy atom. The Kier molecular flexibility index (Phi) is 4.26. The monoisotopic (exact) mass is 451 g/mol. The van der Waals surface area contributed by atoms with Gasteiger partial charge in [-0.3, -0.25) is 14.4 Å². The topological polar surface area (TPSA) is 87.3 Å². The fraction of sp³-hybridized carbons (Fsp3) is 0.815. The van der Waals surface area contributed by atoms with Gasteiger partial charge in [0.2, 0.25) is 17.7 Å². The van der Waals surface area contributed by atoms with Crippen LogP contribution in [-0.2, 0) is 14.4 Å². The van der Waals surface area contributed by atoms with Crippen molar-refractivity contribution in [2.75, 3.05) is 0 Å². The molecule has 0 saturated heterocycles. The summed E-state index contributed by atoms with van der Waals surface area (Å²) in [5, 5.41) is 9.64. The Labute approximate surface area is 196 Å². The van der Waals surface area contributed by atoms with Crippen LogP contribution in [0.5, 0.6) is 0 Å². The highest BCUT2D eigenvalue weighted by Crippen LogP contribution is 2.57. The summed E-state index contributed by atoms with van der Waals surface area (Å²) in [5.41, 5.74) is 0.826. The van der Waals surface area contributed by atoms with Crippen LogP contribution in [0.2, 0.25) is 0 Å². The molecule has 178 valence electrons. The molecule has 0 aromatic heterocycles. The second-order valence-corrected chi connectivity index (χ2v) is 12.9. The first-order chi connectivity index (χ1) is 15.9. The van der Waals surface area contributed by atoms with Gasteiger partial charge in [-0.25, -0.2) is 0 Å². The number of nitrogens with one attached hydrogen (secondary N) is 3. The van der Waals surface area contributed by atoms with Crippen molar-refractivity contribution in [1.82, 2.24) is 16.0 Å². The van der Waals surface area contributed by atoms with Crippen molar-refractivity contribution >= 4 is 17.7 Å². The zero-order chi connectivity index (χ0) is 22.4. The Hall–Kier alpha value is -1.85. The molecular weight excluding hydrogens is 414 g/mol. The number of rotatable bonds is 6. The molecule has 6 heteroatoms. The molecule has 3 N–H and O–H groups in total. The van der Waals surface area contributed by atoms with Crippen LogP contribution >= 0.6 is 0 Å². The van der Waals surface area contributed by atoms with E-state index in [1.54, 1.807) is 0 Å². The Bertz CT molecular complexity index is 890. The summed E-state index contributed by atoms with van der Waals surface area (Å²) in [4.78, 5) is 40.0. The van der Waals surface area contributed by atoms with Crippen molar-refractivity contribution in [2.45, 2.75) is 102 Å². The number of carbonyl (C=O) groups is 3. The molecule has 6 saturated carbocycles. The number of fused-ring (bicyclic) bond motifs is 6. The maximum absolute atomic E-state index is 13.3. The third kappa shape index (κ3) is 3.01. The van der Waals surface area contributed by atoms with Crippen molar-refractivity contribution in [3.05, 3.63) is 11.4 Å². The van der Waals surface area contributed by atoms with Crippen LogP contribution < -0.4 is 16.0 Å². The molecule has 7 rings (SSSR count). The van der Waals surface area contributed by atoms with Crippen LogP contribution in [0.3, 0.4) is 0 Å². The molecule has 0 heterocycles. The average Bonchev–Trinajstić information content (AvgIpc) is 3.57. The molecule has 0 radical (unpaired) electrons. The van der Waals surface area contributed by atoms with Crippen LogP contribution in [0.1, 0.15) is 96.3 Å². The molecule has 0 unspecified atom stereocenters. The molecule has 0 atom stereocenters. The molecule has 7 aliphatic rings. The van der Waals surface area contributed by atoms with E-state index in [-0.39, 0.29) is 40.0 Å². The second kappa shape index (κ2) is 6.85. The number of amides is 3. The highest BCUT2D eigenvalue weighted by Gasteiger charge is 2.56. The van der Waals surface area contributed by atoms with Gasteiger partial charge in [-0.1, -0.05) is 0 Å². The first kappa shape index (κ1) is 20.5. The zero-order valence-corrected chi connectivity index (χ0v) is 19.6. The lowest BCUT2D eigenvalue weighted by molar-refractivity contribution is -0.132. The molecule has 0 aromatic rings. The minimum Gasteiger partial charge on any atom is -0.342 e. The molecule has 0 aliphatic heterocycles. The summed E-state index contributed by atoms with van der Waals surface area (Å²) in [6.45, 7) is 0. The van der Waals surface area contributed by atoms with E-state index in [0.29, 0.717) is 17.8 Å². The smallest absolute Gasteiger partial charge is 0.230 e. The van der Waals surface area contributed by atoms with E-state index in [9.17, 15) is 14.4 Å². The van der Waals surface area contributed by atoms with Crippen molar-refractivity contribution in [2.24, 2.45) is 34.0 Å². The van der Waals surface area contributed by atoms with Gasteiger partial charge in [0.15, 0.2) is 0 Å². The fourth-order valence-electron chi connectivity index (χ4n) is 8.97. The van der Waals surface area contributed by atoms with Crippen molar-refractivity contribution in [1.29, 1.82) is 0 Å². The standard InChI is InChI=1S/C27H37N3O3/c31-22(25-7-1-16(13-25)2-8-25)28-19-20(29-23(32)26-9-3-17(14-26)4-10-26)21(19)30-24(33)27-11-5-18(15-27)6-12-27/h16-19H,1-15H2,(H,28,31)(H,29,32)(H,30,33). The summed E-state index contributed by atoms with van der Waals surface area (Å²) in [6, 6.07) is -0.329. The molecule has 0 aromatic carbocycles. The maximum Gasteiger partial charge on any atom is 0.230 e. The van der Waals surface area contributed by atoms with Crippen LogP contribution in [0.15, 0.2) is 11.4 Å². The van der Waals surface area contributed by atoms with Crippen molar-refractivity contribution < 1.29 is 14.4 Å². The molecule has 3 amide bonds. The first-order valence-corrected chi connectivity index (χ1v) is 13.6. The molecule has 7 aliphatic carbocycles. The Morgan fingerprint density at radius 3 is 1.18 bits per heavy atom. The van der Waals surface area contributed by atoms with Gasteiger partial charge in [0.1, 0.15) is 6.04 Å². The number of carbonyl (C=O) groups excluding carboxylic acids is 3. The van der Waals surface area contributed by atoms with Gasteiger partial charge >= 0.3 is 0 Å². The van der Waals surface area contributed by atoms with E-state index in [1.165, 1.54) is 0 Å². The largest absolute Gasteiger partial charge is 0.342 e. The van der Waals surface area contributed by atoms with E-state index in [2.05, 4.69) is 16.0 Å².